The van der Waals surface area contributed by atoms with Gasteiger partial charge in [0.25, 0.3) is 5.91 Å². The van der Waals surface area contributed by atoms with Crippen molar-refractivity contribution in [3.63, 3.8) is 0 Å². The molecule has 0 aromatic heterocycles. The number of halogens is 2. The molecule has 1 unspecified atom stereocenters. The Bertz CT molecular complexity index is 1200. The van der Waals surface area contributed by atoms with Crippen LogP contribution in [-0.2, 0) is 16.1 Å². The van der Waals surface area contributed by atoms with E-state index in [1.165, 1.54) is 4.90 Å². The Morgan fingerprint density at radius 2 is 1.56 bits per heavy atom. The van der Waals surface area contributed by atoms with Crippen molar-refractivity contribution < 1.29 is 14.3 Å². The number of anilines is 2. The molecule has 1 N–H and O–H groups in total. The summed E-state index contributed by atoms with van der Waals surface area (Å²) in [4.78, 5) is 29.6. The fraction of sp³-hybridized carbons (Fsp3) is 0.160. The van der Waals surface area contributed by atoms with E-state index in [0.29, 0.717) is 38.8 Å². The molecule has 9 heteroatoms. The van der Waals surface area contributed by atoms with Crippen LogP contribution in [0.5, 0.6) is 5.75 Å². The highest BCUT2D eigenvalue weighted by Gasteiger charge is 2.44. The van der Waals surface area contributed by atoms with Gasteiger partial charge >= 0.3 is 0 Å². The first kappa shape index (κ1) is 24.0. The first-order valence-corrected chi connectivity index (χ1v) is 11.6. The van der Waals surface area contributed by atoms with Crippen LogP contribution >= 0.6 is 35.4 Å². The molecular weight excluding hydrogens is 493 g/mol. The second-order valence-electron chi connectivity index (χ2n) is 7.68. The monoisotopic (exact) mass is 513 g/mol. The smallest absolute Gasteiger partial charge is 0.256 e. The second-order valence-corrected chi connectivity index (χ2v) is 8.92. The van der Waals surface area contributed by atoms with Gasteiger partial charge in [-0.3, -0.25) is 14.5 Å². The molecule has 1 aliphatic rings. The van der Waals surface area contributed by atoms with E-state index in [2.05, 4.69) is 5.32 Å². The largest absolute Gasteiger partial charge is 0.497 e. The molecule has 6 nitrogen and oxygen atoms in total. The number of hydrogen-bond donors (Lipinski definition) is 1. The van der Waals surface area contributed by atoms with Gasteiger partial charge in [-0.1, -0.05) is 35.3 Å². The van der Waals surface area contributed by atoms with Crippen LogP contribution in [0.4, 0.5) is 11.4 Å². The van der Waals surface area contributed by atoms with E-state index in [9.17, 15) is 9.59 Å². The maximum atomic E-state index is 13.5. The van der Waals surface area contributed by atoms with Crippen LogP contribution in [0.15, 0.2) is 72.8 Å². The fourth-order valence-corrected chi connectivity index (χ4v) is 4.33. The molecule has 0 saturated carbocycles. The number of carbonyl (C=O) groups is 2. The molecule has 0 spiro atoms. The van der Waals surface area contributed by atoms with Crippen LogP contribution in [0.1, 0.15) is 12.0 Å². The second kappa shape index (κ2) is 10.4. The SMILES string of the molecule is COc1ccc(NC(=O)CC2C(=O)N(c3ccc(Cl)cc3)C(=S)N2Cc2ccc(Cl)cc2)cc1. The number of carbonyl (C=O) groups excluding carboxylic acids is 2. The first-order valence-electron chi connectivity index (χ1n) is 10.4. The molecule has 34 heavy (non-hydrogen) atoms. The lowest BCUT2D eigenvalue weighted by molar-refractivity contribution is -0.124. The lowest BCUT2D eigenvalue weighted by atomic mass is 10.1. The Kier molecular flexibility index (Phi) is 7.36. The predicted molar refractivity (Wildman–Crippen MR) is 139 cm³/mol. The highest BCUT2D eigenvalue weighted by molar-refractivity contribution is 7.80. The Labute approximate surface area is 213 Å². The van der Waals surface area contributed by atoms with Crippen LogP contribution in [-0.4, -0.2) is 35.0 Å². The van der Waals surface area contributed by atoms with E-state index >= 15 is 0 Å². The zero-order chi connectivity index (χ0) is 24.2. The summed E-state index contributed by atoms with van der Waals surface area (Å²) in [6.45, 7) is 0.353. The van der Waals surface area contributed by atoms with Crippen LogP contribution in [0.3, 0.4) is 0 Å². The van der Waals surface area contributed by atoms with Gasteiger partial charge in [0.2, 0.25) is 5.91 Å². The van der Waals surface area contributed by atoms with Gasteiger partial charge in [-0.15, -0.1) is 0 Å². The van der Waals surface area contributed by atoms with Gasteiger partial charge in [0.15, 0.2) is 5.11 Å². The summed E-state index contributed by atoms with van der Waals surface area (Å²) in [6.07, 6.45) is -0.0668. The van der Waals surface area contributed by atoms with E-state index in [0.717, 1.165) is 5.56 Å². The van der Waals surface area contributed by atoms with Crippen molar-refractivity contribution in [2.24, 2.45) is 0 Å². The Morgan fingerprint density at radius 3 is 2.15 bits per heavy atom. The van der Waals surface area contributed by atoms with Gasteiger partial charge in [0.1, 0.15) is 11.8 Å². The van der Waals surface area contributed by atoms with Gasteiger partial charge < -0.3 is 15.0 Å². The van der Waals surface area contributed by atoms with E-state index < -0.39 is 6.04 Å². The number of rotatable bonds is 7. The lowest BCUT2D eigenvalue weighted by Gasteiger charge is -2.24. The van der Waals surface area contributed by atoms with Crippen molar-refractivity contribution in [1.82, 2.24) is 4.90 Å². The summed E-state index contributed by atoms with van der Waals surface area (Å²) in [5.74, 6) is 0.110. The number of thiocarbonyl (C=S) groups is 1. The predicted octanol–water partition coefficient (Wildman–Crippen LogP) is 5.53. The van der Waals surface area contributed by atoms with E-state index in [4.69, 9.17) is 40.2 Å². The quantitative estimate of drug-likeness (QED) is 0.420. The summed E-state index contributed by atoms with van der Waals surface area (Å²) in [6, 6.07) is 20.4. The van der Waals surface area contributed by atoms with Gasteiger partial charge in [0.05, 0.1) is 19.2 Å². The van der Waals surface area contributed by atoms with Crippen molar-refractivity contribution in [3.8, 4) is 5.75 Å². The highest BCUT2D eigenvalue weighted by atomic mass is 35.5. The lowest BCUT2D eigenvalue weighted by Crippen LogP contribution is -2.37. The van der Waals surface area contributed by atoms with Crippen LogP contribution in [0, 0.1) is 0 Å². The number of hydrogen-bond acceptors (Lipinski definition) is 4. The van der Waals surface area contributed by atoms with Crippen LogP contribution < -0.4 is 15.0 Å². The Balaban J connectivity index is 1.58. The van der Waals surface area contributed by atoms with Crippen LogP contribution in [0.2, 0.25) is 10.0 Å². The molecular formula is C25H21Cl2N3O3S. The number of nitrogens with zero attached hydrogens (tertiary/aromatic N) is 2. The molecule has 1 heterocycles. The minimum absolute atomic E-state index is 0.0668. The maximum absolute atomic E-state index is 13.5. The molecule has 2 amide bonds. The first-order chi connectivity index (χ1) is 16.4. The van der Waals surface area contributed by atoms with Crippen molar-refractivity contribution in [2.45, 2.75) is 19.0 Å². The summed E-state index contributed by atoms with van der Waals surface area (Å²) in [5.41, 5.74) is 2.12. The van der Waals surface area contributed by atoms with E-state index in [1.807, 2.05) is 12.1 Å². The molecule has 1 saturated heterocycles. The summed E-state index contributed by atoms with van der Waals surface area (Å²) < 4.78 is 5.15. The summed E-state index contributed by atoms with van der Waals surface area (Å²) >= 11 is 17.7. The Hall–Kier alpha value is -3.13. The molecule has 4 rings (SSSR count). The number of methoxy groups -OCH3 is 1. The number of amides is 2. The molecule has 0 bridgehead atoms. The van der Waals surface area contributed by atoms with Crippen molar-refractivity contribution in [1.29, 1.82) is 0 Å². The molecule has 0 radical (unpaired) electrons. The molecule has 3 aromatic rings. The standard InChI is InChI=1S/C25H21Cl2N3O3S/c1-33-21-12-8-19(9-13-21)28-23(31)14-22-24(32)30(20-10-6-18(27)7-11-20)25(34)29(22)15-16-2-4-17(26)5-3-16/h2-13,22H,14-15H2,1H3,(H,28,31). The molecule has 0 aliphatic carbocycles. The molecule has 174 valence electrons. The topological polar surface area (TPSA) is 61.9 Å². The minimum atomic E-state index is -0.767. The van der Waals surface area contributed by atoms with Gasteiger partial charge in [-0.2, -0.15) is 0 Å². The average molecular weight is 514 g/mol. The normalized spacial score (nSPS) is 15.6. The Morgan fingerprint density at radius 1 is 0.971 bits per heavy atom. The van der Waals surface area contributed by atoms with E-state index in [1.54, 1.807) is 72.7 Å². The third-order valence-corrected chi connectivity index (χ3v) is 6.34. The molecule has 1 atom stereocenters. The summed E-state index contributed by atoms with van der Waals surface area (Å²) in [7, 11) is 1.57. The number of ether oxygens (including phenoxy) is 1. The molecule has 1 aliphatic heterocycles. The summed E-state index contributed by atoms with van der Waals surface area (Å²) in [5, 5.41) is 4.33. The highest BCUT2D eigenvalue weighted by Crippen LogP contribution is 2.30. The molecule has 3 aromatic carbocycles. The third-order valence-electron chi connectivity index (χ3n) is 5.42. The maximum Gasteiger partial charge on any atom is 0.256 e. The third kappa shape index (κ3) is 5.33. The molecule has 1 fully saturated rings. The zero-order valence-corrected chi connectivity index (χ0v) is 20.5. The van der Waals surface area contributed by atoms with E-state index in [-0.39, 0.29) is 18.2 Å². The number of benzene rings is 3. The van der Waals surface area contributed by atoms with Crippen molar-refractivity contribution in [2.75, 3.05) is 17.3 Å². The van der Waals surface area contributed by atoms with Crippen molar-refractivity contribution >= 4 is 63.7 Å². The van der Waals surface area contributed by atoms with Gasteiger partial charge in [-0.25, -0.2) is 0 Å². The van der Waals surface area contributed by atoms with Crippen LogP contribution in [0.25, 0.3) is 0 Å². The van der Waals surface area contributed by atoms with Crippen molar-refractivity contribution in [3.05, 3.63) is 88.4 Å². The fourth-order valence-electron chi connectivity index (χ4n) is 3.69. The van der Waals surface area contributed by atoms with Gasteiger partial charge in [-0.05, 0) is 78.4 Å². The zero-order valence-electron chi connectivity index (χ0n) is 18.2. The van der Waals surface area contributed by atoms with Gasteiger partial charge in [0, 0.05) is 22.3 Å². The average Bonchev–Trinajstić information content (AvgIpc) is 3.05. The number of nitrogens with one attached hydrogen (secondary N) is 1. The minimum Gasteiger partial charge on any atom is -0.497 e.